The molecular formula is C25H36F4N2O8. The lowest BCUT2D eigenvalue weighted by Gasteiger charge is -2.27. The predicted molar refractivity (Wildman–Crippen MR) is 126 cm³/mol. The lowest BCUT2D eigenvalue weighted by Crippen LogP contribution is -2.44. The number of hydrogen-bond acceptors (Lipinski definition) is 7. The third kappa shape index (κ3) is 6.19. The molecular weight excluding hydrogens is 532 g/mol. The van der Waals surface area contributed by atoms with Crippen molar-refractivity contribution < 1.29 is 56.1 Å². The lowest BCUT2D eigenvalue weighted by molar-refractivity contribution is -0.145. The van der Waals surface area contributed by atoms with Crippen LogP contribution in [0.1, 0.15) is 67.2 Å². The van der Waals surface area contributed by atoms with E-state index >= 15 is 0 Å². The van der Waals surface area contributed by atoms with Crippen molar-refractivity contribution in [1.82, 2.24) is 9.80 Å². The molecule has 222 valence electrons. The molecule has 0 aromatic rings. The van der Waals surface area contributed by atoms with Gasteiger partial charge in [-0.3, -0.25) is 9.80 Å². The largest absolute Gasteiger partial charge is 0.480 e. The number of alkyl halides is 4. The molecule has 1 N–H and O–H groups in total. The van der Waals surface area contributed by atoms with Crippen LogP contribution in [0.15, 0.2) is 0 Å². The van der Waals surface area contributed by atoms with Gasteiger partial charge >= 0.3 is 24.1 Å². The number of rotatable bonds is 2. The van der Waals surface area contributed by atoms with Crippen LogP contribution in [0.4, 0.5) is 27.2 Å². The first kappa shape index (κ1) is 30.7. The van der Waals surface area contributed by atoms with Crippen molar-refractivity contribution in [3.8, 4) is 0 Å². The maximum absolute atomic E-state index is 13.5. The first-order valence-electron chi connectivity index (χ1n) is 12.5. The van der Waals surface area contributed by atoms with E-state index in [1.807, 2.05) is 0 Å². The summed E-state index contributed by atoms with van der Waals surface area (Å²) in [5.41, 5.74) is -4.20. The number of ether oxygens (including phenoxy) is 3. The molecule has 2 saturated heterocycles. The normalized spacial score (nSPS) is 31.9. The van der Waals surface area contributed by atoms with E-state index in [2.05, 4.69) is 4.74 Å². The Kier molecular flexibility index (Phi) is 7.40. The molecule has 4 fully saturated rings. The Hall–Kier alpha value is -2.80. The van der Waals surface area contributed by atoms with Gasteiger partial charge in [-0.15, -0.1) is 0 Å². The number of aliphatic carboxylic acids is 1. The molecule has 4 atom stereocenters. The minimum Gasteiger partial charge on any atom is -0.480 e. The monoisotopic (exact) mass is 568 g/mol. The van der Waals surface area contributed by atoms with Crippen LogP contribution >= 0.6 is 0 Å². The van der Waals surface area contributed by atoms with Crippen LogP contribution in [-0.2, 0) is 23.8 Å². The van der Waals surface area contributed by atoms with Gasteiger partial charge in [-0.05, 0) is 54.4 Å². The van der Waals surface area contributed by atoms with Crippen molar-refractivity contribution in [2.24, 2.45) is 10.8 Å². The van der Waals surface area contributed by atoms with Crippen molar-refractivity contribution in [3.63, 3.8) is 0 Å². The second-order valence-electron chi connectivity index (χ2n) is 12.8. The van der Waals surface area contributed by atoms with Crippen LogP contribution in [-0.4, -0.2) is 94.4 Å². The van der Waals surface area contributed by atoms with Gasteiger partial charge in [0.05, 0.1) is 17.9 Å². The van der Waals surface area contributed by atoms with Crippen molar-refractivity contribution in [2.45, 2.75) is 102 Å². The Morgan fingerprint density at radius 2 is 1.08 bits per heavy atom. The van der Waals surface area contributed by atoms with Gasteiger partial charge in [0.15, 0.2) is 0 Å². The van der Waals surface area contributed by atoms with Gasteiger partial charge < -0.3 is 19.3 Å². The lowest BCUT2D eigenvalue weighted by atomic mass is 10.0. The zero-order chi connectivity index (χ0) is 30.0. The van der Waals surface area contributed by atoms with Crippen molar-refractivity contribution >= 4 is 24.1 Å². The average Bonchev–Trinajstić information content (AvgIpc) is 3.25. The van der Waals surface area contributed by atoms with Gasteiger partial charge in [0.1, 0.15) is 23.3 Å². The minimum atomic E-state index is -2.88. The fraction of sp³-hybridized carbons (Fsp3) is 0.840. The van der Waals surface area contributed by atoms with Crippen LogP contribution in [0.25, 0.3) is 0 Å². The van der Waals surface area contributed by atoms with E-state index in [1.165, 1.54) is 7.11 Å². The second kappa shape index (κ2) is 9.39. The molecule has 2 aliphatic carbocycles. The summed E-state index contributed by atoms with van der Waals surface area (Å²) >= 11 is 0. The maximum atomic E-state index is 13.5. The highest BCUT2D eigenvalue weighted by molar-refractivity contribution is 5.83. The number of halogens is 4. The number of amides is 2. The van der Waals surface area contributed by atoms with E-state index in [1.54, 1.807) is 41.5 Å². The van der Waals surface area contributed by atoms with Crippen molar-refractivity contribution in [2.75, 3.05) is 20.2 Å². The summed E-state index contributed by atoms with van der Waals surface area (Å²) in [7, 11) is 1.17. The van der Waals surface area contributed by atoms with Gasteiger partial charge in [-0.2, -0.15) is 0 Å². The molecule has 2 spiro atoms. The smallest absolute Gasteiger partial charge is 0.411 e. The Morgan fingerprint density at radius 3 is 1.36 bits per heavy atom. The number of carbonyl (C=O) groups excluding carboxylic acids is 3. The molecule has 2 amide bonds. The topological polar surface area (TPSA) is 123 Å². The van der Waals surface area contributed by atoms with Crippen LogP contribution in [0.3, 0.4) is 0 Å². The van der Waals surface area contributed by atoms with Crippen molar-refractivity contribution in [1.29, 1.82) is 0 Å². The fourth-order valence-electron chi connectivity index (χ4n) is 5.10. The fourth-order valence-corrected chi connectivity index (χ4v) is 5.10. The summed E-state index contributed by atoms with van der Waals surface area (Å²) in [6.07, 6.45) is -2.55. The molecule has 2 aliphatic heterocycles. The van der Waals surface area contributed by atoms with E-state index in [0.717, 1.165) is 9.80 Å². The Balaban J connectivity index is 0.000000216. The SMILES string of the molecule is CC(C)(C)OC(=O)N1CC2(CC1C(=O)O)CC2(F)F.COC(=O)C1CC2(CN1C(=O)OC(C)(C)C)CC2(F)F. The molecule has 2 saturated carbocycles. The Labute approximate surface area is 223 Å². The number of hydrogen-bond donors (Lipinski definition) is 1. The third-order valence-electron chi connectivity index (χ3n) is 7.30. The Morgan fingerprint density at radius 1 is 0.744 bits per heavy atom. The highest BCUT2D eigenvalue weighted by Crippen LogP contribution is 2.67. The van der Waals surface area contributed by atoms with Crippen LogP contribution in [0.2, 0.25) is 0 Å². The van der Waals surface area contributed by atoms with Crippen LogP contribution in [0.5, 0.6) is 0 Å². The number of carbonyl (C=O) groups is 4. The highest BCUT2D eigenvalue weighted by atomic mass is 19.3. The average molecular weight is 569 g/mol. The van der Waals surface area contributed by atoms with Gasteiger partial charge in [0.2, 0.25) is 0 Å². The van der Waals surface area contributed by atoms with E-state index in [4.69, 9.17) is 14.6 Å². The molecule has 0 radical (unpaired) electrons. The van der Waals surface area contributed by atoms with Gasteiger partial charge in [0.25, 0.3) is 11.8 Å². The molecule has 0 aromatic carbocycles. The molecule has 0 aromatic heterocycles. The molecule has 39 heavy (non-hydrogen) atoms. The number of carboxylic acid groups (broad SMARTS) is 1. The maximum Gasteiger partial charge on any atom is 0.411 e. The highest BCUT2D eigenvalue weighted by Gasteiger charge is 2.76. The summed E-state index contributed by atoms with van der Waals surface area (Å²) in [4.78, 5) is 48.8. The molecule has 14 heteroatoms. The van der Waals surface area contributed by atoms with Gasteiger partial charge in [-0.1, -0.05) is 0 Å². The van der Waals surface area contributed by atoms with Gasteiger partial charge in [-0.25, -0.2) is 36.7 Å². The van der Waals surface area contributed by atoms with Crippen LogP contribution in [0, 0.1) is 10.8 Å². The minimum absolute atomic E-state index is 0.0775. The molecule has 0 bridgehead atoms. The number of nitrogens with zero attached hydrogens (tertiary/aromatic N) is 2. The zero-order valence-corrected chi connectivity index (χ0v) is 23.1. The molecule has 4 aliphatic rings. The number of likely N-dealkylation sites (tertiary alicyclic amines) is 2. The van der Waals surface area contributed by atoms with Crippen LogP contribution < -0.4 is 0 Å². The number of methoxy groups -OCH3 is 1. The van der Waals surface area contributed by atoms with E-state index < -0.39 is 70.1 Å². The summed E-state index contributed by atoms with van der Waals surface area (Å²) in [5.74, 6) is -7.66. The van der Waals surface area contributed by atoms with E-state index in [9.17, 15) is 36.7 Å². The molecule has 4 unspecified atom stereocenters. The molecule has 2 heterocycles. The van der Waals surface area contributed by atoms with E-state index in [-0.39, 0.29) is 38.8 Å². The summed E-state index contributed by atoms with van der Waals surface area (Å²) < 4.78 is 68.5. The summed E-state index contributed by atoms with van der Waals surface area (Å²) in [6, 6.07) is -2.23. The zero-order valence-electron chi connectivity index (χ0n) is 23.1. The predicted octanol–water partition coefficient (Wildman–Crippen LogP) is 4.30. The second-order valence-corrected chi connectivity index (χ2v) is 12.8. The third-order valence-corrected chi connectivity index (χ3v) is 7.30. The quantitative estimate of drug-likeness (QED) is 0.297. The van der Waals surface area contributed by atoms with E-state index in [0.29, 0.717) is 0 Å². The van der Waals surface area contributed by atoms with Crippen molar-refractivity contribution in [3.05, 3.63) is 0 Å². The van der Waals surface area contributed by atoms with Gasteiger partial charge in [0, 0.05) is 25.9 Å². The standard InChI is InChI=1S/C13H19F2NO4.C12H17F2NO4/c1-11(2,3)20-10(18)16-7-12(6-13(12,14)15)5-8(16)9(17)19-4;1-10(2,3)19-9(18)15-6-11(5-12(11,13)14)4-7(15)8(16)17/h8H,5-7H2,1-4H3;7H,4-6H2,1-3H3,(H,16,17). The number of carboxylic acids is 1. The Bertz CT molecular complexity index is 1040. The first-order chi connectivity index (χ1) is 17.5. The summed E-state index contributed by atoms with van der Waals surface area (Å²) in [5, 5.41) is 9.07. The molecule has 4 rings (SSSR count). The first-order valence-corrected chi connectivity index (χ1v) is 12.5. The molecule has 10 nitrogen and oxygen atoms in total. The number of esters is 1. The summed E-state index contributed by atoms with van der Waals surface area (Å²) in [6.45, 7) is 9.51.